The standard InChI is InChI=1S/C15H19N3O5S2/c1-22-7-5-17(6-8-23-2)14(19)10-24-15-16-12-4-3-11(18(20)21)9-13(12)25-15/h3-4,9H,5-8,10H2,1-2H3. The summed E-state index contributed by atoms with van der Waals surface area (Å²) in [4.78, 5) is 28.9. The molecular weight excluding hydrogens is 366 g/mol. The quantitative estimate of drug-likeness (QED) is 0.352. The van der Waals surface area contributed by atoms with Gasteiger partial charge in [0.2, 0.25) is 5.91 Å². The van der Waals surface area contributed by atoms with Gasteiger partial charge in [-0.25, -0.2) is 4.98 Å². The number of nitro groups is 1. The molecule has 0 N–H and O–H groups in total. The molecule has 0 aliphatic carbocycles. The topological polar surface area (TPSA) is 94.8 Å². The second kappa shape index (κ2) is 9.66. The van der Waals surface area contributed by atoms with Crippen molar-refractivity contribution < 1.29 is 19.2 Å². The summed E-state index contributed by atoms with van der Waals surface area (Å²) in [5, 5.41) is 10.8. The molecule has 1 aromatic carbocycles. The third-order valence-electron chi connectivity index (χ3n) is 3.37. The number of rotatable bonds is 10. The Balaban J connectivity index is 1.99. The molecule has 0 aliphatic heterocycles. The van der Waals surface area contributed by atoms with Gasteiger partial charge in [-0.2, -0.15) is 0 Å². The fourth-order valence-corrected chi connectivity index (χ4v) is 4.05. The Morgan fingerprint density at radius 1 is 1.32 bits per heavy atom. The van der Waals surface area contributed by atoms with E-state index in [2.05, 4.69) is 4.98 Å². The van der Waals surface area contributed by atoms with Crippen molar-refractivity contribution in [2.75, 3.05) is 46.3 Å². The van der Waals surface area contributed by atoms with Crippen LogP contribution in [0.3, 0.4) is 0 Å². The maximum atomic E-state index is 12.4. The number of thiazole rings is 1. The number of nitrogens with zero attached hydrogens (tertiary/aromatic N) is 3. The molecule has 1 heterocycles. The fraction of sp³-hybridized carbons (Fsp3) is 0.467. The molecule has 0 atom stereocenters. The van der Waals surface area contributed by atoms with Gasteiger partial charge in [0.1, 0.15) is 0 Å². The average molecular weight is 385 g/mol. The number of methoxy groups -OCH3 is 2. The number of non-ortho nitro benzene ring substituents is 1. The molecule has 8 nitrogen and oxygen atoms in total. The summed E-state index contributed by atoms with van der Waals surface area (Å²) in [5.41, 5.74) is 0.732. The predicted octanol–water partition coefficient (Wildman–Crippen LogP) is 2.42. The van der Waals surface area contributed by atoms with Crippen LogP contribution in [0.4, 0.5) is 5.69 Å². The molecule has 1 amide bonds. The molecule has 0 spiro atoms. The van der Waals surface area contributed by atoms with Crippen molar-refractivity contribution in [3.63, 3.8) is 0 Å². The predicted molar refractivity (Wildman–Crippen MR) is 97.3 cm³/mol. The van der Waals surface area contributed by atoms with Gasteiger partial charge in [-0.05, 0) is 6.07 Å². The van der Waals surface area contributed by atoms with E-state index < -0.39 is 4.92 Å². The molecule has 2 aromatic rings. The normalized spacial score (nSPS) is 11.0. The molecule has 2 rings (SSSR count). The summed E-state index contributed by atoms with van der Waals surface area (Å²) >= 11 is 2.67. The van der Waals surface area contributed by atoms with Gasteiger partial charge in [0.05, 0.1) is 34.1 Å². The highest BCUT2D eigenvalue weighted by Gasteiger charge is 2.16. The van der Waals surface area contributed by atoms with Crippen LogP contribution < -0.4 is 0 Å². The first kappa shape index (κ1) is 19.6. The lowest BCUT2D eigenvalue weighted by Gasteiger charge is -2.21. The average Bonchev–Trinajstić information content (AvgIpc) is 3.01. The largest absolute Gasteiger partial charge is 0.383 e. The van der Waals surface area contributed by atoms with Crippen LogP contribution in [0.1, 0.15) is 0 Å². The van der Waals surface area contributed by atoms with E-state index in [0.717, 1.165) is 4.70 Å². The van der Waals surface area contributed by atoms with Gasteiger partial charge in [-0.3, -0.25) is 14.9 Å². The molecular formula is C15H19N3O5S2. The van der Waals surface area contributed by atoms with Crippen LogP contribution in [-0.2, 0) is 14.3 Å². The molecule has 25 heavy (non-hydrogen) atoms. The van der Waals surface area contributed by atoms with E-state index in [9.17, 15) is 14.9 Å². The van der Waals surface area contributed by atoms with E-state index in [4.69, 9.17) is 9.47 Å². The summed E-state index contributed by atoms with van der Waals surface area (Å²) in [5.74, 6) is 0.222. The third-order valence-corrected chi connectivity index (χ3v) is 5.51. The minimum Gasteiger partial charge on any atom is -0.383 e. The number of aromatic nitrogens is 1. The van der Waals surface area contributed by atoms with Crippen molar-refractivity contribution in [1.29, 1.82) is 0 Å². The van der Waals surface area contributed by atoms with Crippen LogP contribution in [0.25, 0.3) is 10.2 Å². The first-order chi connectivity index (χ1) is 12.0. The minimum atomic E-state index is -0.432. The molecule has 0 aliphatic rings. The van der Waals surface area contributed by atoms with Crippen LogP contribution >= 0.6 is 23.1 Å². The number of thioether (sulfide) groups is 1. The highest BCUT2D eigenvalue weighted by Crippen LogP contribution is 2.31. The molecule has 0 radical (unpaired) electrons. The van der Waals surface area contributed by atoms with Crippen molar-refractivity contribution in [1.82, 2.24) is 9.88 Å². The minimum absolute atomic E-state index is 0.0238. The van der Waals surface area contributed by atoms with E-state index in [1.165, 1.54) is 35.2 Å². The van der Waals surface area contributed by atoms with E-state index in [1.807, 2.05) is 0 Å². The molecule has 0 bridgehead atoms. The molecule has 10 heteroatoms. The Labute approximate surface area is 153 Å². The number of nitro benzene ring substituents is 1. The van der Waals surface area contributed by atoms with Crippen molar-refractivity contribution in [3.05, 3.63) is 28.3 Å². The summed E-state index contributed by atoms with van der Waals surface area (Å²) in [6, 6.07) is 4.56. The van der Waals surface area contributed by atoms with Gasteiger partial charge in [0.15, 0.2) is 4.34 Å². The van der Waals surface area contributed by atoms with Crippen molar-refractivity contribution in [2.45, 2.75) is 4.34 Å². The molecule has 1 aromatic heterocycles. The lowest BCUT2D eigenvalue weighted by Crippen LogP contribution is -2.37. The van der Waals surface area contributed by atoms with Crippen LogP contribution in [0, 0.1) is 10.1 Å². The summed E-state index contributed by atoms with van der Waals surface area (Å²) in [6.45, 7) is 1.94. The number of ether oxygens (including phenoxy) is 2. The second-order valence-corrected chi connectivity index (χ2v) is 7.30. The summed E-state index contributed by atoms with van der Waals surface area (Å²) < 4.78 is 11.5. The fourth-order valence-electron chi connectivity index (χ4n) is 2.05. The van der Waals surface area contributed by atoms with Crippen LogP contribution in [0.15, 0.2) is 22.5 Å². The maximum Gasteiger partial charge on any atom is 0.270 e. The van der Waals surface area contributed by atoms with Gasteiger partial charge in [-0.1, -0.05) is 11.8 Å². The smallest absolute Gasteiger partial charge is 0.270 e. The van der Waals surface area contributed by atoms with E-state index in [-0.39, 0.29) is 17.3 Å². The SMILES string of the molecule is COCCN(CCOC)C(=O)CSc1nc2ccc([N+](=O)[O-])cc2s1. The molecule has 136 valence electrons. The van der Waals surface area contributed by atoms with Crippen LogP contribution in [-0.4, -0.2) is 67.0 Å². The zero-order chi connectivity index (χ0) is 18.2. The van der Waals surface area contributed by atoms with Crippen LogP contribution in [0.2, 0.25) is 0 Å². The Kier molecular flexibility index (Phi) is 7.56. The highest BCUT2D eigenvalue weighted by molar-refractivity contribution is 8.01. The zero-order valence-electron chi connectivity index (χ0n) is 14.0. The van der Waals surface area contributed by atoms with E-state index >= 15 is 0 Å². The number of benzene rings is 1. The first-order valence-corrected chi connectivity index (χ1v) is 9.28. The summed E-state index contributed by atoms with van der Waals surface area (Å²) in [7, 11) is 3.18. The van der Waals surface area contributed by atoms with Crippen molar-refractivity contribution in [3.8, 4) is 0 Å². The van der Waals surface area contributed by atoms with E-state index in [0.29, 0.717) is 36.2 Å². The summed E-state index contributed by atoms with van der Waals surface area (Å²) in [6.07, 6.45) is 0. The van der Waals surface area contributed by atoms with Gasteiger partial charge in [-0.15, -0.1) is 11.3 Å². The highest BCUT2D eigenvalue weighted by atomic mass is 32.2. The van der Waals surface area contributed by atoms with Crippen LogP contribution in [0.5, 0.6) is 0 Å². The molecule has 0 saturated carbocycles. The Bertz CT molecular complexity index is 729. The molecule has 0 saturated heterocycles. The monoisotopic (exact) mass is 385 g/mol. The number of hydrogen-bond donors (Lipinski definition) is 0. The van der Waals surface area contributed by atoms with Gasteiger partial charge in [0.25, 0.3) is 5.69 Å². The number of amides is 1. The third kappa shape index (κ3) is 5.63. The zero-order valence-corrected chi connectivity index (χ0v) is 15.6. The lowest BCUT2D eigenvalue weighted by atomic mass is 10.3. The van der Waals surface area contributed by atoms with Gasteiger partial charge >= 0.3 is 0 Å². The number of hydrogen-bond acceptors (Lipinski definition) is 8. The van der Waals surface area contributed by atoms with Crippen molar-refractivity contribution in [2.24, 2.45) is 0 Å². The second-order valence-electron chi connectivity index (χ2n) is 5.04. The first-order valence-electron chi connectivity index (χ1n) is 7.48. The number of carbonyl (C=O) groups is 1. The Hall–Kier alpha value is -1.75. The maximum absolute atomic E-state index is 12.4. The van der Waals surface area contributed by atoms with Crippen molar-refractivity contribution >= 4 is 44.9 Å². The van der Waals surface area contributed by atoms with Gasteiger partial charge in [0, 0.05) is 39.4 Å². The number of fused-ring (bicyclic) bond motifs is 1. The molecule has 0 unspecified atom stereocenters. The van der Waals surface area contributed by atoms with E-state index in [1.54, 1.807) is 25.2 Å². The Morgan fingerprint density at radius 2 is 2.00 bits per heavy atom. The Morgan fingerprint density at radius 3 is 2.60 bits per heavy atom. The van der Waals surface area contributed by atoms with Gasteiger partial charge < -0.3 is 14.4 Å². The lowest BCUT2D eigenvalue weighted by molar-refractivity contribution is -0.384. The molecule has 0 fully saturated rings. The number of carbonyl (C=O) groups excluding carboxylic acids is 1.